The zero-order valence-electron chi connectivity index (χ0n) is 18.1. The van der Waals surface area contributed by atoms with E-state index in [0.29, 0.717) is 22.6 Å². The van der Waals surface area contributed by atoms with Gasteiger partial charge in [-0.25, -0.2) is 15.0 Å². The van der Waals surface area contributed by atoms with Crippen molar-refractivity contribution in [2.75, 3.05) is 25.1 Å². The van der Waals surface area contributed by atoms with Gasteiger partial charge in [0, 0.05) is 0 Å². The Balaban J connectivity index is 1.60. The number of aryl methyl sites for hydroxylation is 1. The lowest BCUT2D eigenvalue weighted by Crippen LogP contribution is -2.05. The predicted molar refractivity (Wildman–Crippen MR) is 123 cm³/mol. The molecule has 0 saturated heterocycles. The second-order valence-corrected chi connectivity index (χ2v) is 6.54. The molecule has 0 amide bonds. The van der Waals surface area contributed by atoms with Crippen LogP contribution in [0, 0.1) is 6.92 Å². The summed E-state index contributed by atoms with van der Waals surface area (Å²) in [6.07, 6.45) is 3.12. The first-order valence-corrected chi connectivity index (χ1v) is 9.66. The summed E-state index contributed by atoms with van der Waals surface area (Å²) in [5.74, 6) is -0.243. The Bertz CT molecular complexity index is 1180. The van der Waals surface area contributed by atoms with Crippen molar-refractivity contribution < 1.29 is 19.1 Å². The van der Waals surface area contributed by atoms with Crippen molar-refractivity contribution in [1.29, 1.82) is 0 Å². The molecular formula is C22H21N7O4. The van der Waals surface area contributed by atoms with Crippen LogP contribution < -0.4 is 10.9 Å². The lowest BCUT2D eigenvalue weighted by atomic mass is 10.1. The largest absolute Gasteiger partial charge is 0.465 e. The van der Waals surface area contributed by atoms with Gasteiger partial charge in [-0.15, -0.1) is 10.2 Å². The molecule has 2 aromatic carbocycles. The van der Waals surface area contributed by atoms with Gasteiger partial charge in [0.25, 0.3) is 5.95 Å². The van der Waals surface area contributed by atoms with Crippen molar-refractivity contribution in [2.45, 2.75) is 6.92 Å². The summed E-state index contributed by atoms with van der Waals surface area (Å²) in [4.78, 5) is 27.2. The molecule has 2 N–H and O–H groups in total. The van der Waals surface area contributed by atoms with Gasteiger partial charge in [-0.1, -0.05) is 24.3 Å². The SMILES string of the molecule is COC(=O)c1ccc(/C=N/Nc2nnc(C)c(N/N=C/c3ccc(C(=O)OC)cc3)n2)cc1. The van der Waals surface area contributed by atoms with E-state index < -0.39 is 11.9 Å². The second kappa shape index (κ2) is 11.1. The van der Waals surface area contributed by atoms with Gasteiger partial charge >= 0.3 is 11.9 Å². The van der Waals surface area contributed by atoms with Crippen LogP contribution in [0.4, 0.5) is 11.8 Å². The van der Waals surface area contributed by atoms with Gasteiger partial charge < -0.3 is 9.47 Å². The summed E-state index contributed by atoms with van der Waals surface area (Å²) in [5, 5.41) is 16.2. The van der Waals surface area contributed by atoms with E-state index in [2.05, 4.69) is 45.7 Å². The number of benzene rings is 2. The van der Waals surface area contributed by atoms with Gasteiger partial charge in [-0.05, 0) is 42.3 Å². The van der Waals surface area contributed by atoms with Gasteiger partial charge in [0.1, 0.15) is 5.69 Å². The molecule has 1 aromatic heterocycles. The smallest absolute Gasteiger partial charge is 0.337 e. The average Bonchev–Trinajstić information content (AvgIpc) is 2.85. The molecule has 168 valence electrons. The van der Waals surface area contributed by atoms with Gasteiger partial charge in [0.2, 0.25) is 0 Å². The topological polar surface area (TPSA) is 140 Å². The number of nitrogens with one attached hydrogen (secondary N) is 2. The Morgan fingerprint density at radius 2 is 1.27 bits per heavy atom. The molecule has 11 nitrogen and oxygen atoms in total. The summed E-state index contributed by atoms with van der Waals surface area (Å²) in [5.41, 5.74) is 8.49. The van der Waals surface area contributed by atoms with E-state index in [0.717, 1.165) is 11.1 Å². The quantitative estimate of drug-likeness (QED) is 0.303. The van der Waals surface area contributed by atoms with Gasteiger partial charge in [0.15, 0.2) is 5.82 Å². The van der Waals surface area contributed by atoms with Crippen molar-refractivity contribution in [3.8, 4) is 0 Å². The molecule has 0 radical (unpaired) electrons. The van der Waals surface area contributed by atoms with E-state index in [1.165, 1.54) is 14.2 Å². The first-order chi connectivity index (χ1) is 16.0. The fourth-order valence-corrected chi connectivity index (χ4v) is 2.51. The molecule has 0 spiro atoms. The number of ether oxygens (including phenoxy) is 2. The third-order valence-electron chi connectivity index (χ3n) is 4.28. The molecule has 0 atom stereocenters. The molecule has 11 heteroatoms. The number of aromatic nitrogens is 3. The molecule has 0 unspecified atom stereocenters. The van der Waals surface area contributed by atoms with E-state index >= 15 is 0 Å². The lowest BCUT2D eigenvalue weighted by Gasteiger charge is -2.04. The second-order valence-electron chi connectivity index (χ2n) is 6.54. The van der Waals surface area contributed by atoms with E-state index in [9.17, 15) is 9.59 Å². The third-order valence-corrected chi connectivity index (χ3v) is 4.28. The van der Waals surface area contributed by atoms with Crippen LogP contribution in [0.25, 0.3) is 0 Å². The number of hydrogen-bond acceptors (Lipinski definition) is 11. The molecule has 0 saturated carbocycles. The number of nitrogens with zero attached hydrogens (tertiary/aromatic N) is 5. The number of esters is 2. The highest BCUT2D eigenvalue weighted by Crippen LogP contribution is 2.10. The number of carbonyl (C=O) groups is 2. The van der Waals surface area contributed by atoms with E-state index in [1.54, 1.807) is 67.9 Å². The van der Waals surface area contributed by atoms with Crippen molar-refractivity contribution in [3.05, 3.63) is 76.5 Å². The van der Waals surface area contributed by atoms with Crippen LogP contribution >= 0.6 is 0 Å². The van der Waals surface area contributed by atoms with Crippen LogP contribution in [0.3, 0.4) is 0 Å². The van der Waals surface area contributed by atoms with Crippen molar-refractivity contribution in [2.24, 2.45) is 10.2 Å². The zero-order chi connectivity index (χ0) is 23.6. The third kappa shape index (κ3) is 6.40. The highest BCUT2D eigenvalue weighted by atomic mass is 16.5. The molecule has 0 bridgehead atoms. The Hall–Kier alpha value is -4.67. The minimum atomic E-state index is -0.406. The average molecular weight is 447 g/mol. The molecule has 3 rings (SSSR count). The van der Waals surface area contributed by atoms with E-state index in [1.807, 2.05) is 0 Å². The highest BCUT2D eigenvalue weighted by Gasteiger charge is 2.06. The number of rotatable bonds is 8. The number of carbonyl (C=O) groups excluding carboxylic acids is 2. The molecule has 0 aliphatic heterocycles. The molecule has 1 heterocycles. The van der Waals surface area contributed by atoms with Gasteiger partial charge in [0.05, 0.1) is 37.8 Å². The number of hydrogen-bond donors (Lipinski definition) is 2. The number of methoxy groups -OCH3 is 2. The van der Waals surface area contributed by atoms with E-state index in [4.69, 9.17) is 0 Å². The Kier molecular flexibility index (Phi) is 7.73. The maximum absolute atomic E-state index is 11.5. The fraction of sp³-hybridized carbons (Fsp3) is 0.136. The molecular weight excluding hydrogens is 426 g/mol. The van der Waals surface area contributed by atoms with Crippen LogP contribution in [0.15, 0.2) is 58.7 Å². The minimum Gasteiger partial charge on any atom is -0.465 e. The molecule has 3 aromatic rings. The normalized spacial score (nSPS) is 10.9. The Morgan fingerprint density at radius 1 is 0.788 bits per heavy atom. The Morgan fingerprint density at radius 3 is 1.76 bits per heavy atom. The summed E-state index contributed by atoms with van der Waals surface area (Å²) in [6, 6.07) is 13.5. The predicted octanol–water partition coefficient (Wildman–Crippen LogP) is 2.65. The summed E-state index contributed by atoms with van der Waals surface area (Å²) in [7, 11) is 2.66. The number of anilines is 2. The standard InChI is InChI=1S/C22H21N7O4/c1-14-19(27-23-12-15-4-8-17(9-5-15)20(30)32-2)25-22(29-26-14)28-24-13-16-6-10-18(11-7-16)21(31)33-3/h4-13H,1-3H3,(H2,25,27,28,29)/b23-12+,24-13+. The highest BCUT2D eigenvalue weighted by molar-refractivity contribution is 5.91. The Labute approximate surface area is 189 Å². The summed E-state index contributed by atoms with van der Waals surface area (Å²) >= 11 is 0. The maximum atomic E-state index is 11.5. The molecule has 33 heavy (non-hydrogen) atoms. The van der Waals surface area contributed by atoms with Crippen LogP contribution in [-0.2, 0) is 9.47 Å². The first-order valence-electron chi connectivity index (χ1n) is 9.66. The maximum Gasteiger partial charge on any atom is 0.337 e. The molecule has 0 aliphatic rings. The fourth-order valence-electron chi connectivity index (χ4n) is 2.51. The monoisotopic (exact) mass is 447 g/mol. The lowest BCUT2D eigenvalue weighted by molar-refractivity contribution is 0.0592. The first kappa shape index (κ1) is 23.0. The zero-order valence-corrected chi connectivity index (χ0v) is 18.1. The van der Waals surface area contributed by atoms with Crippen LogP contribution in [0.5, 0.6) is 0 Å². The molecule has 0 aliphatic carbocycles. The van der Waals surface area contributed by atoms with Crippen molar-refractivity contribution in [3.63, 3.8) is 0 Å². The van der Waals surface area contributed by atoms with E-state index in [-0.39, 0.29) is 5.95 Å². The van der Waals surface area contributed by atoms with Crippen LogP contribution in [0.1, 0.15) is 37.5 Å². The van der Waals surface area contributed by atoms with Crippen molar-refractivity contribution >= 4 is 36.1 Å². The van der Waals surface area contributed by atoms with Crippen molar-refractivity contribution in [1.82, 2.24) is 15.2 Å². The minimum absolute atomic E-state index is 0.170. The summed E-state index contributed by atoms with van der Waals surface area (Å²) < 4.78 is 9.34. The number of hydrazone groups is 2. The van der Waals surface area contributed by atoms with Gasteiger partial charge in [-0.3, -0.25) is 5.43 Å². The van der Waals surface area contributed by atoms with Crippen LogP contribution in [0.2, 0.25) is 0 Å². The van der Waals surface area contributed by atoms with Gasteiger partial charge in [-0.2, -0.15) is 15.2 Å². The summed E-state index contributed by atoms with van der Waals surface area (Å²) in [6.45, 7) is 1.74. The van der Waals surface area contributed by atoms with Crippen LogP contribution in [-0.4, -0.2) is 53.8 Å². The molecule has 0 fully saturated rings.